The number of nitrogens with one attached hydrogen (secondary N) is 1. The molecule has 0 radical (unpaired) electrons. The first-order valence-corrected chi connectivity index (χ1v) is 11.0. The molecular formula is C22H21N3O3S. The molecule has 29 heavy (non-hydrogen) atoms. The van der Waals surface area contributed by atoms with Gasteiger partial charge >= 0.3 is 0 Å². The Morgan fingerprint density at radius 2 is 1.83 bits per heavy atom. The van der Waals surface area contributed by atoms with E-state index in [0.29, 0.717) is 5.69 Å². The molecule has 1 aromatic heterocycles. The molecule has 1 atom stereocenters. The first kappa shape index (κ1) is 19.2. The van der Waals surface area contributed by atoms with Crippen LogP contribution in [0.5, 0.6) is 0 Å². The highest BCUT2D eigenvalue weighted by Gasteiger charge is 2.11. The van der Waals surface area contributed by atoms with Gasteiger partial charge in [0.1, 0.15) is 6.33 Å². The number of hydrogen-bond acceptors (Lipinski definition) is 4. The molecular weight excluding hydrogens is 386 g/mol. The molecule has 0 bridgehead atoms. The highest BCUT2D eigenvalue weighted by molar-refractivity contribution is 7.92. The van der Waals surface area contributed by atoms with E-state index in [4.69, 9.17) is 0 Å². The summed E-state index contributed by atoms with van der Waals surface area (Å²) >= 11 is 0. The van der Waals surface area contributed by atoms with Gasteiger partial charge < -0.3 is 5.11 Å². The summed E-state index contributed by atoms with van der Waals surface area (Å²) in [6, 6.07) is 20.8. The minimum Gasteiger partial charge on any atom is -0.389 e. The van der Waals surface area contributed by atoms with Gasteiger partial charge in [0, 0.05) is 11.3 Å². The molecule has 4 rings (SSSR count). The molecule has 1 heterocycles. The molecule has 0 aliphatic rings. The van der Waals surface area contributed by atoms with Gasteiger partial charge in [-0.15, -0.1) is 0 Å². The Hall–Kier alpha value is -3.16. The Balaban J connectivity index is 1.79. The molecule has 1 unspecified atom stereocenters. The van der Waals surface area contributed by atoms with E-state index in [0.717, 1.165) is 39.7 Å². The third kappa shape index (κ3) is 4.01. The Morgan fingerprint density at radius 3 is 2.59 bits per heavy atom. The second-order valence-electron chi connectivity index (χ2n) is 7.01. The lowest BCUT2D eigenvalue weighted by Gasteiger charge is -2.12. The van der Waals surface area contributed by atoms with Crippen molar-refractivity contribution < 1.29 is 13.5 Å². The van der Waals surface area contributed by atoms with E-state index in [2.05, 4.69) is 9.71 Å². The minimum absolute atomic E-state index is 0.532. The van der Waals surface area contributed by atoms with Gasteiger partial charge in [-0.25, -0.2) is 13.4 Å². The summed E-state index contributed by atoms with van der Waals surface area (Å²) in [6.45, 7) is 1.73. The van der Waals surface area contributed by atoms with Crippen molar-refractivity contribution in [2.45, 2.75) is 13.0 Å². The Kier molecular flexibility index (Phi) is 4.86. The molecule has 0 aliphatic heterocycles. The predicted octanol–water partition coefficient (Wildman–Crippen LogP) is 4.12. The summed E-state index contributed by atoms with van der Waals surface area (Å²) in [5.74, 6) is 0. The minimum atomic E-state index is -3.39. The number of aliphatic hydroxyl groups excluding tert-OH is 1. The number of imidazole rings is 1. The van der Waals surface area contributed by atoms with Gasteiger partial charge in [-0.3, -0.25) is 9.29 Å². The fourth-order valence-corrected chi connectivity index (χ4v) is 3.92. The van der Waals surface area contributed by atoms with Crippen LogP contribution in [0.3, 0.4) is 0 Å². The summed E-state index contributed by atoms with van der Waals surface area (Å²) < 4.78 is 28.0. The second kappa shape index (κ2) is 7.35. The third-order valence-corrected chi connectivity index (χ3v) is 5.30. The SMILES string of the molecule is CC(O)c1ccc2c(c1)ncn2-c1cccc(-c2ccccc2NS(C)(=O)=O)c1. The van der Waals surface area contributed by atoms with E-state index >= 15 is 0 Å². The van der Waals surface area contributed by atoms with E-state index in [-0.39, 0.29) is 0 Å². The zero-order valence-electron chi connectivity index (χ0n) is 16.1. The summed E-state index contributed by atoms with van der Waals surface area (Å²) in [6.07, 6.45) is 2.34. The normalized spacial score (nSPS) is 12.8. The number of aromatic nitrogens is 2. The number of para-hydroxylation sites is 1. The number of hydrogen-bond donors (Lipinski definition) is 2. The van der Waals surface area contributed by atoms with Gasteiger partial charge in [-0.2, -0.15) is 0 Å². The van der Waals surface area contributed by atoms with Crippen LogP contribution in [0.4, 0.5) is 5.69 Å². The topological polar surface area (TPSA) is 84.2 Å². The summed E-state index contributed by atoms with van der Waals surface area (Å²) in [5.41, 5.74) is 5.66. The quantitative estimate of drug-likeness (QED) is 0.521. The monoisotopic (exact) mass is 407 g/mol. The van der Waals surface area contributed by atoms with Crippen molar-refractivity contribution in [1.29, 1.82) is 0 Å². The molecule has 7 heteroatoms. The number of sulfonamides is 1. The predicted molar refractivity (Wildman–Crippen MR) is 116 cm³/mol. The van der Waals surface area contributed by atoms with Crippen molar-refractivity contribution in [2.75, 3.05) is 11.0 Å². The lowest BCUT2D eigenvalue weighted by Crippen LogP contribution is -2.10. The molecule has 0 spiro atoms. The zero-order valence-corrected chi connectivity index (χ0v) is 16.9. The summed E-state index contributed by atoms with van der Waals surface area (Å²) in [7, 11) is -3.39. The van der Waals surface area contributed by atoms with Crippen LogP contribution in [-0.2, 0) is 10.0 Å². The average Bonchev–Trinajstić information content (AvgIpc) is 3.10. The van der Waals surface area contributed by atoms with Crippen molar-refractivity contribution in [2.24, 2.45) is 0 Å². The van der Waals surface area contributed by atoms with Crippen LogP contribution in [0, 0.1) is 0 Å². The molecule has 2 N–H and O–H groups in total. The van der Waals surface area contributed by atoms with Gasteiger partial charge in [0.2, 0.25) is 10.0 Å². The van der Waals surface area contributed by atoms with E-state index in [1.54, 1.807) is 25.4 Å². The van der Waals surface area contributed by atoms with Crippen molar-refractivity contribution in [3.05, 3.63) is 78.6 Å². The highest BCUT2D eigenvalue weighted by atomic mass is 32.2. The first-order valence-electron chi connectivity index (χ1n) is 9.14. The number of rotatable bonds is 5. The summed E-state index contributed by atoms with van der Waals surface area (Å²) in [4.78, 5) is 4.47. The lowest BCUT2D eigenvalue weighted by atomic mass is 10.0. The average molecular weight is 407 g/mol. The van der Waals surface area contributed by atoms with Crippen LogP contribution in [0.15, 0.2) is 73.1 Å². The number of nitrogens with zero attached hydrogens (tertiary/aromatic N) is 2. The van der Waals surface area contributed by atoms with E-state index in [1.165, 1.54) is 0 Å². The van der Waals surface area contributed by atoms with Crippen molar-refractivity contribution in [3.63, 3.8) is 0 Å². The number of benzene rings is 3. The highest BCUT2D eigenvalue weighted by Crippen LogP contribution is 2.31. The maximum atomic E-state index is 11.7. The molecule has 148 valence electrons. The molecule has 0 saturated carbocycles. The lowest BCUT2D eigenvalue weighted by molar-refractivity contribution is 0.199. The van der Waals surface area contributed by atoms with Crippen LogP contribution in [0.2, 0.25) is 0 Å². The second-order valence-corrected chi connectivity index (χ2v) is 8.76. The fourth-order valence-electron chi connectivity index (χ4n) is 3.34. The molecule has 0 amide bonds. The molecule has 0 saturated heterocycles. The Labute approximate surface area is 169 Å². The van der Waals surface area contributed by atoms with Crippen LogP contribution in [0.1, 0.15) is 18.6 Å². The summed E-state index contributed by atoms with van der Waals surface area (Å²) in [5, 5.41) is 9.79. The fraction of sp³-hybridized carbons (Fsp3) is 0.136. The van der Waals surface area contributed by atoms with E-state index < -0.39 is 16.1 Å². The first-order chi connectivity index (χ1) is 13.8. The van der Waals surface area contributed by atoms with E-state index in [9.17, 15) is 13.5 Å². The molecule has 0 aliphatic carbocycles. The molecule has 6 nitrogen and oxygen atoms in total. The van der Waals surface area contributed by atoms with Gasteiger partial charge in [-0.1, -0.05) is 36.4 Å². The largest absolute Gasteiger partial charge is 0.389 e. The number of aliphatic hydroxyl groups is 1. The van der Waals surface area contributed by atoms with Crippen LogP contribution in [-0.4, -0.2) is 29.3 Å². The smallest absolute Gasteiger partial charge is 0.229 e. The van der Waals surface area contributed by atoms with Crippen molar-refractivity contribution in [1.82, 2.24) is 9.55 Å². The van der Waals surface area contributed by atoms with Gasteiger partial charge in [0.15, 0.2) is 0 Å². The maximum absolute atomic E-state index is 11.7. The van der Waals surface area contributed by atoms with Gasteiger partial charge in [0.25, 0.3) is 0 Å². The third-order valence-electron chi connectivity index (χ3n) is 4.71. The maximum Gasteiger partial charge on any atom is 0.229 e. The number of anilines is 1. The Bertz CT molecular complexity index is 1290. The Morgan fingerprint density at radius 1 is 1.03 bits per heavy atom. The van der Waals surface area contributed by atoms with Crippen LogP contribution in [0.25, 0.3) is 27.8 Å². The van der Waals surface area contributed by atoms with Crippen LogP contribution < -0.4 is 4.72 Å². The zero-order chi connectivity index (χ0) is 20.6. The van der Waals surface area contributed by atoms with Crippen molar-refractivity contribution >= 4 is 26.7 Å². The molecule has 3 aromatic carbocycles. The molecule has 0 fully saturated rings. The van der Waals surface area contributed by atoms with Gasteiger partial charge in [-0.05, 0) is 48.4 Å². The standard InChI is InChI=1S/C22H21N3O3S/c1-15(26)16-10-11-22-21(13-16)23-14-25(22)18-7-5-6-17(12-18)19-8-3-4-9-20(19)24-29(2,27)28/h3-15,24,26H,1-2H3. The van der Waals surface area contributed by atoms with Crippen molar-refractivity contribution in [3.8, 4) is 16.8 Å². The van der Waals surface area contributed by atoms with E-state index in [1.807, 2.05) is 59.2 Å². The molecule has 4 aromatic rings. The number of fused-ring (bicyclic) bond motifs is 1. The van der Waals surface area contributed by atoms with Crippen LogP contribution >= 0.6 is 0 Å². The van der Waals surface area contributed by atoms with Gasteiger partial charge in [0.05, 0.1) is 29.1 Å².